The SMILES string of the molecule is COc1cc(C)c(-c2cnc3c(N4CCOCC4)nccn23)cn1. The highest BCUT2D eigenvalue weighted by Gasteiger charge is 2.18. The Labute approximate surface area is 139 Å². The van der Waals surface area contributed by atoms with Crippen LogP contribution in [0.1, 0.15) is 5.56 Å². The lowest BCUT2D eigenvalue weighted by molar-refractivity contribution is 0.122. The lowest BCUT2D eigenvalue weighted by atomic mass is 10.1. The van der Waals surface area contributed by atoms with Crippen LogP contribution in [0.2, 0.25) is 0 Å². The molecule has 0 atom stereocenters. The van der Waals surface area contributed by atoms with Crippen LogP contribution in [0.3, 0.4) is 0 Å². The number of hydrogen-bond donors (Lipinski definition) is 0. The summed E-state index contributed by atoms with van der Waals surface area (Å²) in [5.41, 5.74) is 3.97. The predicted octanol–water partition coefficient (Wildman–Crippen LogP) is 1.94. The molecule has 1 aliphatic rings. The highest BCUT2D eigenvalue weighted by molar-refractivity contribution is 5.72. The zero-order valence-electron chi connectivity index (χ0n) is 13.8. The molecule has 7 heteroatoms. The average Bonchev–Trinajstić information content (AvgIpc) is 3.06. The summed E-state index contributed by atoms with van der Waals surface area (Å²) < 4.78 is 12.7. The number of morpholine rings is 1. The average molecular weight is 325 g/mol. The van der Waals surface area contributed by atoms with Gasteiger partial charge in [-0.05, 0) is 12.5 Å². The summed E-state index contributed by atoms with van der Waals surface area (Å²) in [7, 11) is 1.62. The van der Waals surface area contributed by atoms with Crippen LogP contribution >= 0.6 is 0 Å². The van der Waals surface area contributed by atoms with E-state index in [9.17, 15) is 0 Å². The second-order valence-corrected chi connectivity index (χ2v) is 5.73. The molecular formula is C17H19N5O2. The van der Waals surface area contributed by atoms with Crippen LogP contribution < -0.4 is 9.64 Å². The summed E-state index contributed by atoms with van der Waals surface area (Å²) in [6, 6.07) is 1.93. The van der Waals surface area contributed by atoms with Crippen molar-refractivity contribution >= 4 is 11.5 Å². The number of hydrogen-bond acceptors (Lipinski definition) is 6. The summed E-state index contributed by atoms with van der Waals surface area (Å²) in [5.74, 6) is 1.51. The van der Waals surface area contributed by atoms with Crippen LogP contribution in [-0.4, -0.2) is 52.8 Å². The predicted molar refractivity (Wildman–Crippen MR) is 90.5 cm³/mol. The fraction of sp³-hybridized carbons (Fsp3) is 0.353. The maximum Gasteiger partial charge on any atom is 0.213 e. The number of nitrogens with zero attached hydrogens (tertiary/aromatic N) is 5. The Morgan fingerprint density at radius 1 is 1.12 bits per heavy atom. The van der Waals surface area contributed by atoms with Gasteiger partial charge in [-0.15, -0.1) is 0 Å². The van der Waals surface area contributed by atoms with Crippen molar-refractivity contribution in [1.82, 2.24) is 19.4 Å². The van der Waals surface area contributed by atoms with Crippen LogP contribution in [0, 0.1) is 6.92 Å². The van der Waals surface area contributed by atoms with Gasteiger partial charge in [-0.1, -0.05) is 0 Å². The summed E-state index contributed by atoms with van der Waals surface area (Å²) in [4.78, 5) is 15.7. The molecular weight excluding hydrogens is 306 g/mol. The summed E-state index contributed by atoms with van der Waals surface area (Å²) in [6.07, 6.45) is 7.45. The van der Waals surface area contributed by atoms with Gasteiger partial charge in [0.15, 0.2) is 11.5 Å². The fourth-order valence-electron chi connectivity index (χ4n) is 3.01. The van der Waals surface area contributed by atoms with Gasteiger partial charge < -0.3 is 14.4 Å². The van der Waals surface area contributed by atoms with Crippen molar-refractivity contribution in [3.05, 3.63) is 36.4 Å². The summed E-state index contributed by atoms with van der Waals surface area (Å²) >= 11 is 0. The maximum atomic E-state index is 5.43. The van der Waals surface area contributed by atoms with Crippen molar-refractivity contribution in [2.75, 3.05) is 38.3 Å². The molecule has 0 aliphatic carbocycles. The molecule has 0 aromatic carbocycles. The smallest absolute Gasteiger partial charge is 0.213 e. The van der Waals surface area contributed by atoms with E-state index in [1.165, 1.54) is 0 Å². The number of imidazole rings is 1. The van der Waals surface area contributed by atoms with E-state index in [1.807, 2.05) is 37.8 Å². The molecule has 0 N–H and O–H groups in total. The van der Waals surface area contributed by atoms with Crippen LogP contribution in [0.25, 0.3) is 16.9 Å². The Morgan fingerprint density at radius 2 is 1.96 bits per heavy atom. The van der Waals surface area contributed by atoms with Gasteiger partial charge >= 0.3 is 0 Å². The van der Waals surface area contributed by atoms with Crippen molar-refractivity contribution in [2.45, 2.75) is 6.92 Å². The van der Waals surface area contributed by atoms with Crippen molar-refractivity contribution in [1.29, 1.82) is 0 Å². The van der Waals surface area contributed by atoms with Gasteiger partial charge in [-0.25, -0.2) is 15.0 Å². The minimum absolute atomic E-state index is 0.612. The number of aryl methyl sites for hydroxylation is 1. The largest absolute Gasteiger partial charge is 0.481 e. The molecule has 124 valence electrons. The third-order valence-electron chi connectivity index (χ3n) is 4.29. The Hall–Kier alpha value is -2.67. The minimum atomic E-state index is 0.612. The van der Waals surface area contributed by atoms with E-state index in [-0.39, 0.29) is 0 Å². The first-order valence-corrected chi connectivity index (χ1v) is 7.93. The van der Waals surface area contributed by atoms with Crippen LogP contribution in [0.5, 0.6) is 5.88 Å². The number of pyridine rings is 1. The molecule has 3 aromatic rings. The van der Waals surface area contributed by atoms with E-state index in [0.29, 0.717) is 5.88 Å². The highest BCUT2D eigenvalue weighted by atomic mass is 16.5. The van der Waals surface area contributed by atoms with Gasteiger partial charge in [-0.3, -0.25) is 4.40 Å². The van der Waals surface area contributed by atoms with E-state index in [4.69, 9.17) is 9.47 Å². The summed E-state index contributed by atoms with van der Waals surface area (Å²) in [6.45, 7) is 5.15. The Bertz CT molecular complexity index is 871. The number of ether oxygens (including phenoxy) is 2. The molecule has 1 aliphatic heterocycles. The molecule has 0 saturated carbocycles. The first kappa shape index (κ1) is 14.9. The van der Waals surface area contributed by atoms with Crippen molar-refractivity contribution in [3.8, 4) is 17.1 Å². The lowest BCUT2D eigenvalue weighted by Crippen LogP contribution is -2.37. The third kappa shape index (κ3) is 2.46. The molecule has 1 fully saturated rings. The van der Waals surface area contributed by atoms with Gasteiger partial charge in [0.05, 0.1) is 32.2 Å². The first-order chi connectivity index (χ1) is 11.8. The standard InChI is InChI=1S/C17H19N5O2/c1-12-9-15(23-2)19-10-13(12)14-11-20-17-16(18-3-4-22(14)17)21-5-7-24-8-6-21/h3-4,9-11H,5-8H2,1-2H3. The fourth-order valence-corrected chi connectivity index (χ4v) is 3.01. The summed E-state index contributed by atoms with van der Waals surface area (Å²) in [5, 5.41) is 0. The van der Waals surface area contributed by atoms with Crippen LogP contribution in [0.4, 0.5) is 5.82 Å². The van der Waals surface area contributed by atoms with E-state index in [1.54, 1.807) is 7.11 Å². The molecule has 0 radical (unpaired) electrons. The number of anilines is 1. The molecule has 7 nitrogen and oxygen atoms in total. The first-order valence-electron chi connectivity index (χ1n) is 7.93. The van der Waals surface area contributed by atoms with Crippen molar-refractivity contribution < 1.29 is 9.47 Å². The van der Waals surface area contributed by atoms with Gasteiger partial charge in [0.2, 0.25) is 5.88 Å². The van der Waals surface area contributed by atoms with E-state index >= 15 is 0 Å². The number of aromatic nitrogens is 4. The van der Waals surface area contributed by atoms with Gasteiger partial charge in [0, 0.05) is 43.3 Å². The van der Waals surface area contributed by atoms with Crippen LogP contribution in [0.15, 0.2) is 30.9 Å². The molecule has 0 unspecified atom stereocenters. The van der Waals surface area contributed by atoms with Crippen LogP contribution in [-0.2, 0) is 4.74 Å². The van der Waals surface area contributed by atoms with E-state index in [2.05, 4.69) is 24.3 Å². The van der Waals surface area contributed by atoms with Gasteiger partial charge in [0.1, 0.15) is 0 Å². The molecule has 24 heavy (non-hydrogen) atoms. The molecule has 0 spiro atoms. The molecule has 0 amide bonds. The normalized spacial score (nSPS) is 15.0. The monoisotopic (exact) mass is 325 g/mol. The zero-order valence-corrected chi connectivity index (χ0v) is 13.8. The zero-order chi connectivity index (χ0) is 16.5. The number of rotatable bonds is 3. The quantitative estimate of drug-likeness (QED) is 0.733. The number of fused-ring (bicyclic) bond motifs is 1. The third-order valence-corrected chi connectivity index (χ3v) is 4.29. The van der Waals surface area contributed by atoms with Gasteiger partial charge in [-0.2, -0.15) is 0 Å². The molecule has 0 bridgehead atoms. The molecule has 4 heterocycles. The molecule has 4 rings (SSSR count). The maximum absolute atomic E-state index is 5.43. The molecule has 1 saturated heterocycles. The number of methoxy groups -OCH3 is 1. The Balaban J connectivity index is 1.81. The Kier molecular flexibility index (Phi) is 3.78. The van der Waals surface area contributed by atoms with Crippen molar-refractivity contribution in [2.24, 2.45) is 0 Å². The second-order valence-electron chi connectivity index (χ2n) is 5.73. The minimum Gasteiger partial charge on any atom is -0.481 e. The van der Waals surface area contributed by atoms with Crippen molar-refractivity contribution in [3.63, 3.8) is 0 Å². The van der Waals surface area contributed by atoms with E-state index in [0.717, 1.165) is 54.6 Å². The Morgan fingerprint density at radius 3 is 2.71 bits per heavy atom. The lowest BCUT2D eigenvalue weighted by Gasteiger charge is -2.27. The topological polar surface area (TPSA) is 64.8 Å². The second kappa shape index (κ2) is 6.09. The van der Waals surface area contributed by atoms with E-state index < -0.39 is 0 Å². The van der Waals surface area contributed by atoms with Gasteiger partial charge in [0.25, 0.3) is 0 Å². The highest BCUT2D eigenvalue weighted by Crippen LogP contribution is 2.28. The molecule has 3 aromatic heterocycles.